The van der Waals surface area contributed by atoms with E-state index < -0.39 is 0 Å². The highest BCUT2D eigenvalue weighted by Gasteiger charge is 2.20. The molecule has 0 aliphatic carbocycles. The van der Waals surface area contributed by atoms with Crippen LogP contribution in [0.1, 0.15) is 23.7 Å². The van der Waals surface area contributed by atoms with Gasteiger partial charge in [-0.15, -0.1) is 0 Å². The van der Waals surface area contributed by atoms with Crippen molar-refractivity contribution in [3.63, 3.8) is 0 Å². The fourth-order valence-electron chi connectivity index (χ4n) is 1.52. The second-order valence-corrected chi connectivity index (χ2v) is 4.66. The number of amides is 1. The van der Waals surface area contributed by atoms with Gasteiger partial charge < -0.3 is 20.8 Å². The summed E-state index contributed by atoms with van der Waals surface area (Å²) in [7, 11) is 1.61. The molecule has 0 saturated carbocycles. The van der Waals surface area contributed by atoms with E-state index in [1.54, 1.807) is 7.05 Å². The zero-order valence-electron chi connectivity index (χ0n) is 10.3. The van der Waals surface area contributed by atoms with Crippen LogP contribution in [0.15, 0.2) is 18.2 Å². The first kappa shape index (κ1) is 14.2. The zero-order valence-corrected chi connectivity index (χ0v) is 11.1. The topological polar surface area (TPSA) is 86.8 Å². The molecule has 1 rings (SSSR count). The molecule has 0 heterocycles. The summed E-state index contributed by atoms with van der Waals surface area (Å²) in [4.78, 5) is 13.9. The van der Waals surface area contributed by atoms with E-state index in [0.717, 1.165) is 6.07 Å². The number of carbonyl (C=O) groups excluding carboxylic acids is 1. The second-order valence-electron chi connectivity index (χ2n) is 4.14. The zero-order chi connectivity index (χ0) is 13.9. The highest BCUT2D eigenvalue weighted by molar-refractivity contribution is 7.80. The van der Waals surface area contributed by atoms with E-state index in [9.17, 15) is 9.90 Å². The maximum absolute atomic E-state index is 12.1. The van der Waals surface area contributed by atoms with E-state index in [1.807, 2.05) is 6.92 Å². The largest absolute Gasteiger partial charge is 0.508 e. The van der Waals surface area contributed by atoms with Gasteiger partial charge in [0.2, 0.25) is 0 Å². The molecule has 1 atom stereocenters. The van der Waals surface area contributed by atoms with Crippen molar-refractivity contribution >= 4 is 23.1 Å². The van der Waals surface area contributed by atoms with Gasteiger partial charge in [0.15, 0.2) is 0 Å². The number of rotatable bonds is 4. The lowest BCUT2D eigenvalue weighted by atomic mass is 10.1. The highest BCUT2D eigenvalue weighted by atomic mass is 32.1. The van der Waals surface area contributed by atoms with Gasteiger partial charge in [-0.05, 0) is 19.1 Å². The molecule has 0 saturated heterocycles. The first-order valence-electron chi connectivity index (χ1n) is 5.40. The van der Waals surface area contributed by atoms with Crippen LogP contribution < -0.4 is 5.73 Å². The molecule has 98 valence electrons. The summed E-state index contributed by atoms with van der Waals surface area (Å²) in [6.07, 6.45) is 0.413. The number of nitrogens with two attached hydrogens (primary N) is 1. The van der Waals surface area contributed by atoms with Gasteiger partial charge in [0.1, 0.15) is 11.5 Å². The minimum absolute atomic E-state index is 0.0945. The monoisotopic (exact) mass is 268 g/mol. The summed E-state index contributed by atoms with van der Waals surface area (Å²) in [5.74, 6) is -0.700. The SMILES string of the molecule is CC(CC(N)=S)N(C)C(=O)c1ccc(O)cc1O. The molecule has 1 aromatic rings. The predicted molar refractivity (Wildman–Crippen MR) is 72.7 cm³/mol. The Morgan fingerprint density at radius 1 is 1.50 bits per heavy atom. The number of hydrogen-bond donors (Lipinski definition) is 3. The van der Waals surface area contributed by atoms with Crippen LogP contribution in [0.4, 0.5) is 0 Å². The Morgan fingerprint density at radius 2 is 2.11 bits per heavy atom. The molecule has 1 amide bonds. The lowest BCUT2D eigenvalue weighted by molar-refractivity contribution is 0.0745. The van der Waals surface area contributed by atoms with Crippen LogP contribution in [-0.2, 0) is 0 Å². The van der Waals surface area contributed by atoms with Gasteiger partial charge in [-0.3, -0.25) is 4.79 Å². The first-order valence-corrected chi connectivity index (χ1v) is 5.81. The molecule has 0 spiro atoms. The third kappa shape index (κ3) is 3.33. The molecule has 18 heavy (non-hydrogen) atoms. The minimum Gasteiger partial charge on any atom is -0.508 e. The molecule has 0 aliphatic heterocycles. The van der Waals surface area contributed by atoms with Gasteiger partial charge in [-0.1, -0.05) is 12.2 Å². The standard InChI is InChI=1S/C12H16N2O3S/c1-7(5-11(13)18)14(2)12(17)9-4-3-8(15)6-10(9)16/h3-4,6-7,15-16H,5H2,1-2H3,(H2,13,18). The Morgan fingerprint density at radius 3 is 2.61 bits per heavy atom. The predicted octanol–water partition coefficient (Wildman–Crippen LogP) is 1.23. The quantitative estimate of drug-likeness (QED) is 0.715. The van der Waals surface area contributed by atoms with Crippen LogP contribution in [0.3, 0.4) is 0 Å². The smallest absolute Gasteiger partial charge is 0.257 e. The fraction of sp³-hybridized carbons (Fsp3) is 0.333. The molecule has 0 fully saturated rings. The summed E-state index contributed by atoms with van der Waals surface area (Å²) in [6.45, 7) is 1.81. The molecule has 4 N–H and O–H groups in total. The molecule has 5 nitrogen and oxygen atoms in total. The van der Waals surface area contributed by atoms with Crippen LogP contribution >= 0.6 is 12.2 Å². The van der Waals surface area contributed by atoms with Crippen molar-refractivity contribution in [1.29, 1.82) is 0 Å². The molecule has 6 heteroatoms. The van der Waals surface area contributed by atoms with Crippen molar-refractivity contribution < 1.29 is 15.0 Å². The van der Waals surface area contributed by atoms with Crippen molar-refractivity contribution in [3.8, 4) is 11.5 Å². The van der Waals surface area contributed by atoms with E-state index in [4.69, 9.17) is 23.1 Å². The first-order chi connectivity index (χ1) is 8.32. The minimum atomic E-state index is -0.351. The maximum atomic E-state index is 12.1. The second kappa shape index (κ2) is 5.68. The summed E-state index contributed by atoms with van der Waals surface area (Å²) in [5.41, 5.74) is 5.56. The summed E-state index contributed by atoms with van der Waals surface area (Å²) < 4.78 is 0. The Balaban J connectivity index is 2.89. The van der Waals surface area contributed by atoms with Crippen molar-refractivity contribution in [2.75, 3.05) is 7.05 Å². The molecule has 0 bridgehead atoms. The molecular weight excluding hydrogens is 252 g/mol. The Kier molecular flexibility index (Phi) is 4.49. The molecule has 0 aliphatic rings. The number of phenolic OH excluding ortho intramolecular Hbond substituents is 2. The third-order valence-electron chi connectivity index (χ3n) is 2.69. The van der Waals surface area contributed by atoms with Gasteiger partial charge in [0, 0.05) is 25.6 Å². The Hall–Kier alpha value is -1.82. The number of aromatic hydroxyl groups is 2. The summed E-state index contributed by atoms with van der Waals surface area (Å²) >= 11 is 4.79. The molecule has 1 unspecified atom stereocenters. The highest BCUT2D eigenvalue weighted by Crippen LogP contribution is 2.24. The van der Waals surface area contributed by atoms with Crippen LogP contribution in [0.25, 0.3) is 0 Å². The van der Waals surface area contributed by atoms with Gasteiger partial charge in [0.25, 0.3) is 5.91 Å². The van der Waals surface area contributed by atoms with Crippen molar-refractivity contribution in [3.05, 3.63) is 23.8 Å². The third-order valence-corrected chi connectivity index (χ3v) is 2.86. The van der Waals surface area contributed by atoms with Crippen molar-refractivity contribution in [1.82, 2.24) is 4.90 Å². The summed E-state index contributed by atoms with van der Waals surface area (Å²) in [5, 5.41) is 18.8. The number of hydrogen-bond acceptors (Lipinski definition) is 4. The van der Waals surface area contributed by atoms with E-state index in [2.05, 4.69) is 0 Å². The van der Waals surface area contributed by atoms with E-state index in [0.29, 0.717) is 11.4 Å². The van der Waals surface area contributed by atoms with Crippen LogP contribution in [0.5, 0.6) is 11.5 Å². The van der Waals surface area contributed by atoms with Crippen LogP contribution in [-0.4, -0.2) is 39.1 Å². The summed E-state index contributed by atoms with van der Waals surface area (Å²) in [6, 6.07) is 3.68. The van der Waals surface area contributed by atoms with Gasteiger partial charge >= 0.3 is 0 Å². The Labute approximate surface area is 111 Å². The number of phenols is 2. The van der Waals surface area contributed by atoms with Gasteiger partial charge in [-0.25, -0.2) is 0 Å². The molecule has 1 aromatic carbocycles. The molecule has 0 aromatic heterocycles. The van der Waals surface area contributed by atoms with Crippen molar-refractivity contribution in [2.45, 2.75) is 19.4 Å². The van der Waals surface area contributed by atoms with Crippen LogP contribution in [0.2, 0.25) is 0 Å². The maximum Gasteiger partial charge on any atom is 0.257 e. The molecule has 0 radical (unpaired) electrons. The lowest BCUT2D eigenvalue weighted by Gasteiger charge is -2.25. The van der Waals surface area contributed by atoms with Crippen LogP contribution in [0, 0.1) is 0 Å². The van der Waals surface area contributed by atoms with Gasteiger partial charge in [0.05, 0.1) is 10.6 Å². The fourth-order valence-corrected chi connectivity index (χ4v) is 1.76. The van der Waals surface area contributed by atoms with Crippen molar-refractivity contribution in [2.24, 2.45) is 5.73 Å². The van der Waals surface area contributed by atoms with E-state index in [1.165, 1.54) is 17.0 Å². The number of thiocarbonyl (C=S) groups is 1. The molecular formula is C12H16N2O3S. The van der Waals surface area contributed by atoms with E-state index >= 15 is 0 Å². The number of nitrogens with zero attached hydrogens (tertiary/aromatic N) is 1. The van der Waals surface area contributed by atoms with Gasteiger partial charge in [-0.2, -0.15) is 0 Å². The van der Waals surface area contributed by atoms with E-state index in [-0.39, 0.29) is 29.0 Å². The average molecular weight is 268 g/mol. The lowest BCUT2D eigenvalue weighted by Crippen LogP contribution is -2.37. The normalized spacial score (nSPS) is 11.9. The Bertz CT molecular complexity index is 476. The number of benzene rings is 1. The average Bonchev–Trinajstić information content (AvgIpc) is 2.26. The number of carbonyl (C=O) groups is 1.